The SMILES string of the molecule is CC(C)n1ccc(CC(O)c2ccccc2I)n1. The van der Waals surface area contributed by atoms with Crippen LogP contribution in [-0.2, 0) is 6.42 Å². The minimum Gasteiger partial charge on any atom is -0.388 e. The number of hydrogen-bond acceptors (Lipinski definition) is 2. The zero-order chi connectivity index (χ0) is 13.1. The van der Waals surface area contributed by atoms with E-state index in [0.717, 1.165) is 14.8 Å². The number of benzene rings is 1. The van der Waals surface area contributed by atoms with E-state index >= 15 is 0 Å². The fraction of sp³-hybridized carbons (Fsp3) is 0.357. The molecule has 1 heterocycles. The molecule has 0 radical (unpaired) electrons. The molecule has 0 aliphatic rings. The van der Waals surface area contributed by atoms with E-state index in [0.29, 0.717) is 12.5 Å². The van der Waals surface area contributed by atoms with Gasteiger partial charge in [0, 0.05) is 22.2 Å². The average Bonchev–Trinajstić information content (AvgIpc) is 2.78. The van der Waals surface area contributed by atoms with Crippen LogP contribution in [0.2, 0.25) is 0 Å². The first-order chi connectivity index (χ1) is 8.58. The van der Waals surface area contributed by atoms with Gasteiger partial charge in [-0.25, -0.2) is 0 Å². The zero-order valence-electron chi connectivity index (χ0n) is 10.5. The number of nitrogens with zero attached hydrogens (tertiary/aromatic N) is 2. The Balaban J connectivity index is 2.11. The highest BCUT2D eigenvalue weighted by molar-refractivity contribution is 14.1. The van der Waals surface area contributed by atoms with Crippen molar-refractivity contribution in [2.75, 3.05) is 0 Å². The molecule has 2 aromatic rings. The Bertz CT molecular complexity index is 522. The van der Waals surface area contributed by atoms with E-state index in [4.69, 9.17) is 0 Å². The molecule has 18 heavy (non-hydrogen) atoms. The van der Waals surface area contributed by atoms with Gasteiger partial charge in [-0.1, -0.05) is 18.2 Å². The van der Waals surface area contributed by atoms with Crippen molar-refractivity contribution in [2.45, 2.75) is 32.4 Å². The van der Waals surface area contributed by atoms with E-state index in [2.05, 4.69) is 41.5 Å². The lowest BCUT2D eigenvalue weighted by Crippen LogP contribution is -2.06. The predicted molar refractivity (Wildman–Crippen MR) is 80.4 cm³/mol. The first kappa shape index (κ1) is 13.5. The third-order valence-corrected chi connectivity index (χ3v) is 3.84. The summed E-state index contributed by atoms with van der Waals surface area (Å²) in [4.78, 5) is 0. The van der Waals surface area contributed by atoms with Crippen molar-refractivity contribution in [2.24, 2.45) is 0 Å². The van der Waals surface area contributed by atoms with Gasteiger partial charge in [0.15, 0.2) is 0 Å². The Morgan fingerprint density at radius 2 is 2.00 bits per heavy atom. The molecule has 4 heteroatoms. The van der Waals surface area contributed by atoms with Crippen LogP contribution in [0.15, 0.2) is 36.5 Å². The van der Waals surface area contributed by atoms with E-state index in [9.17, 15) is 5.11 Å². The standard InChI is InChI=1S/C14H17IN2O/c1-10(2)17-8-7-11(16-17)9-14(18)12-5-3-4-6-13(12)15/h3-8,10,14,18H,9H2,1-2H3. The van der Waals surface area contributed by atoms with Crippen molar-refractivity contribution >= 4 is 22.6 Å². The molecule has 0 saturated heterocycles. The van der Waals surface area contributed by atoms with Crippen molar-refractivity contribution in [3.8, 4) is 0 Å². The molecule has 0 aliphatic heterocycles. The van der Waals surface area contributed by atoms with E-state index in [1.807, 2.05) is 41.2 Å². The maximum absolute atomic E-state index is 10.2. The van der Waals surface area contributed by atoms with Gasteiger partial charge < -0.3 is 5.11 Å². The monoisotopic (exact) mass is 356 g/mol. The maximum Gasteiger partial charge on any atom is 0.0856 e. The van der Waals surface area contributed by atoms with Crippen LogP contribution in [0.1, 0.15) is 37.3 Å². The fourth-order valence-corrected chi connectivity index (χ4v) is 2.57. The van der Waals surface area contributed by atoms with Gasteiger partial charge in [-0.2, -0.15) is 5.10 Å². The van der Waals surface area contributed by atoms with E-state index < -0.39 is 6.10 Å². The number of hydrogen-bond donors (Lipinski definition) is 1. The van der Waals surface area contributed by atoms with Gasteiger partial charge in [0.05, 0.1) is 11.8 Å². The summed E-state index contributed by atoms with van der Waals surface area (Å²) in [6, 6.07) is 10.2. The van der Waals surface area contributed by atoms with Crippen molar-refractivity contribution in [3.63, 3.8) is 0 Å². The summed E-state index contributed by atoms with van der Waals surface area (Å²) >= 11 is 2.25. The highest BCUT2D eigenvalue weighted by Crippen LogP contribution is 2.22. The van der Waals surface area contributed by atoms with Crippen molar-refractivity contribution in [1.29, 1.82) is 0 Å². The molecule has 0 amide bonds. The highest BCUT2D eigenvalue weighted by atomic mass is 127. The van der Waals surface area contributed by atoms with Crippen LogP contribution in [-0.4, -0.2) is 14.9 Å². The smallest absolute Gasteiger partial charge is 0.0856 e. The second-order valence-electron chi connectivity index (χ2n) is 4.62. The minimum absolute atomic E-state index is 0.354. The third-order valence-electron chi connectivity index (χ3n) is 2.86. The molecule has 1 unspecified atom stereocenters. The zero-order valence-corrected chi connectivity index (χ0v) is 12.7. The van der Waals surface area contributed by atoms with Crippen LogP contribution < -0.4 is 0 Å². The lowest BCUT2D eigenvalue weighted by Gasteiger charge is -2.11. The predicted octanol–water partition coefficient (Wildman–Crippen LogP) is 3.34. The van der Waals surface area contributed by atoms with Crippen LogP contribution in [0.4, 0.5) is 0 Å². The number of aromatic nitrogens is 2. The molecular formula is C14H17IN2O. The van der Waals surface area contributed by atoms with E-state index in [-0.39, 0.29) is 0 Å². The first-order valence-electron chi connectivity index (χ1n) is 6.04. The fourth-order valence-electron chi connectivity index (χ4n) is 1.83. The van der Waals surface area contributed by atoms with Gasteiger partial charge >= 0.3 is 0 Å². The first-order valence-corrected chi connectivity index (χ1v) is 7.12. The molecule has 0 saturated carbocycles. The number of halogens is 1. The summed E-state index contributed by atoms with van der Waals surface area (Å²) in [5, 5.41) is 14.7. The summed E-state index contributed by atoms with van der Waals surface area (Å²) in [6.07, 6.45) is 2.02. The Labute approximate surface area is 121 Å². The summed E-state index contributed by atoms with van der Waals surface area (Å²) in [5.41, 5.74) is 1.90. The molecule has 0 aliphatic carbocycles. The van der Waals surface area contributed by atoms with Crippen molar-refractivity contribution in [1.82, 2.24) is 9.78 Å². The van der Waals surface area contributed by atoms with Gasteiger partial charge in [0.25, 0.3) is 0 Å². The quantitative estimate of drug-likeness (QED) is 0.854. The van der Waals surface area contributed by atoms with Crippen LogP contribution in [0, 0.1) is 3.57 Å². The second-order valence-corrected chi connectivity index (χ2v) is 5.78. The Morgan fingerprint density at radius 1 is 1.28 bits per heavy atom. The molecule has 1 aromatic carbocycles. The van der Waals surface area contributed by atoms with Crippen molar-refractivity contribution < 1.29 is 5.11 Å². The number of aliphatic hydroxyl groups excluding tert-OH is 1. The Kier molecular flexibility index (Phi) is 4.40. The molecule has 0 bridgehead atoms. The average molecular weight is 356 g/mol. The third kappa shape index (κ3) is 3.11. The van der Waals surface area contributed by atoms with Gasteiger partial charge in [-0.05, 0) is 54.1 Å². The van der Waals surface area contributed by atoms with Crippen LogP contribution >= 0.6 is 22.6 Å². The normalized spacial score (nSPS) is 12.9. The van der Waals surface area contributed by atoms with E-state index in [1.165, 1.54) is 0 Å². The molecule has 2 rings (SSSR count). The van der Waals surface area contributed by atoms with Gasteiger partial charge in [-0.15, -0.1) is 0 Å². The molecule has 1 aromatic heterocycles. The van der Waals surface area contributed by atoms with Gasteiger partial charge in [-0.3, -0.25) is 4.68 Å². The lowest BCUT2D eigenvalue weighted by molar-refractivity contribution is 0.176. The molecule has 0 spiro atoms. The van der Waals surface area contributed by atoms with Gasteiger partial charge in [0.2, 0.25) is 0 Å². The maximum atomic E-state index is 10.2. The summed E-state index contributed by atoms with van der Waals surface area (Å²) in [6.45, 7) is 4.18. The summed E-state index contributed by atoms with van der Waals surface area (Å²) in [5.74, 6) is 0. The number of aliphatic hydroxyl groups is 1. The lowest BCUT2D eigenvalue weighted by atomic mass is 10.1. The molecule has 0 fully saturated rings. The molecule has 1 atom stereocenters. The summed E-state index contributed by atoms with van der Waals surface area (Å²) in [7, 11) is 0. The van der Waals surface area contributed by atoms with Crippen LogP contribution in [0.5, 0.6) is 0 Å². The summed E-state index contributed by atoms with van der Waals surface area (Å²) < 4.78 is 3.00. The Morgan fingerprint density at radius 3 is 2.61 bits per heavy atom. The Hall–Kier alpha value is -0.880. The van der Waals surface area contributed by atoms with Gasteiger partial charge in [0.1, 0.15) is 0 Å². The molecule has 1 N–H and O–H groups in total. The topological polar surface area (TPSA) is 38.0 Å². The van der Waals surface area contributed by atoms with E-state index in [1.54, 1.807) is 0 Å². The molecule has 96 valence electrons. The van der Waals surface area contributed by atoms with Crippen LogP contribution in [0.25, 0.3) is 0 Å². The molecule has 3 nitrogen and oxygen atoms in total. The molecular weight excluding hydrogens is 339 g/mol. The van der Waals surface area contributed by atoms with Crippen LogP contribution in [0.3, 0.4) is 0 Å². The number of rotatable bonds is 4. The highest BCUT2D eigenvalue weighted by Gasteiger charge is 2.13. The second kappa shape index (κ2) is 5.84. The minimum atomic E-state index is -0.492. The largest absolute Gasteiger partial charge is 0.388 e. The van der Waals surface area contributed by atoms with Crippen molar-refractivity contribution in [3.05, 3.63) is 51.4 Å².